The van der Waals surface area contributed by atoms with Gasteiger partial charge in [0.15, 0.2) is 5.60 Å². The predicted octanol–water partition coefficient (Wildman–Crippen LogP) is 3.38. The van der Waals surface area contributed by atoms with Crippen molar-refractivity contribution in [1.29, 1.82) is 0 Å². The minimum atomic E-state index is -0.782. The van der Waals surface area contributed by atoms with E-state index < -0.39 is 5.60 Å². The van der Waals surface area contributed by atoms with Crippen LogP contribution in [0.1, 0.15) is 11.3 Å². The van der Waals surface area contributed by atoms with Crippen LogP contribution in [0.15, 0.2) is 27.5 Å². The highest BCUT2D eigenvalue weighted by atomic mass is 79.9. The Balaban J connectivity index is 2.08. The highest BCUT2D eigenvalue weighted by Gasteiger charge is 2.43. The van der Waals surface area contributed by atoms with Crippen LogP contribution in [0.25, 0.3) is 0 Å². The molecule has 0 amide bonds. The first-order valence-corrected chi connectivity index (χ1v) is 7.43. The van der Waals surface area contributed by atoms with E-state index in [0.717, 1.165) is 21.5 Å². The molecule has 0 bridgehead atoms. The minimum absolute atomic E-state index is 0.116. The maximum absolute atomic E-state index is 9.71. The second kappa shape index (κ2) is 4.49. The Bertz CT molecular complexity index is 590. The molecule has 0 saturated carbocycles. The molecule has 2 heterocycles. The number of thiazole rings is 1. The number of ether oxygens (including phenoxy) is 1. The van der Waals surface area contributed by atoms with Gasteiger partial charge >= 0.3 is 0 Å². The summed E-state index contributed by atoms with van der Waals surface area (Å²) in [7, 11) is 0. The van der Waals surface area contributed by atoms with Crippen LogP contribution in [0, 0.1) is 0 Å². The van der Waals surface area contributed by atoms with Gasteiger partial charge in [-0.2, -0.15) is 0 Å². The van der Waals surface area contributed by atoms with E-state index in [2.05, 4.69) is 20.9 Å². The van der Waals surface area contributed by atoms with Gasteiger partial charge in [0.05, 0.1) is 22.8 Å². The molecule has 6 heteroatoms. The molecule has 0 saturated heterocycles. The molecule has 1 aliphatic heterocycles. The number of fused-ring (bicyclic) bond motifs is 1. The van der Waals surface area contributed by atoms with E-state index in [1.165, 1.54) is 11.3 Å². The van der Waals surface area contributed by atoms with Crippen LogP contribution >= 0.6 is 38.9 Å². The molecule has 0 radical (unpaired) electrons. The SMILES string of the molecule is OCC1(c2cscn2)Cc2c(ccc(Cl)c2Br)O1. The molecule has 1 N–H and O–H groups in total. The van der Waals surface area contributed by atoms with Gasteiger partial charge < -0.3 is 9.84 Å². The monoisotopic (exact) mass is 345 g/mol. The highest BCUT2D eigenvalue weighted by Crippen LogP contribution is 2.46. The molecular formula is C12H9BrClNO2S. The molecule has 2 aromatic rings. The van der Waals surface area contributed by atoms with E-state index in [9.17, 15) is 5.11 Å². The average Bonchev–Trinajstić information content (AvgIpc) is 3.01. The summed E-state index contributed by atoms with van der Waals surface area (Å²) in [6, 6.07) is 3.60. The van der Waals surface area contributed by atoms with Gasteiger partial charge in [-0.15, -0.1) is 11.3 Å². The number of aliphatic hydroxyl groups is 1. The van der Waals surface area contributed by atoms with Crippen molar-refractivity contribution < 1.29 is 9.84 Å². The normalized spacial score (nSPS) is 21.7. The van der Waals surface area contributed by atoms with E-state index in [0.29, 0.717) is 11.4 Å². The number of hydrogen-bond acceptors (Lipinski definition) is 4. The highest BCUT2D eigenvalue weighted by molar-refractivity contribution is 9.10. The predicted molar refractivity (Wildman–Crippen MR) is 74.4 cm³/mol. The van der Waals surface area contributed by atoms with Crippen LogP contribution < -0.4 is 4.74 Å². The van der Waals surface area contributed by atoms with Crippen molar-refractivity contribution >= 4 is 38.9 Å². The van der Waals surface area contributed by atoms with Gasteiger partial charge in [-0.1, -0.05) is 11.6 Å². The largest absolute Gasteiger partial charge is 0.478 e. The fraction of sp³-hybridized carbons (Fsp3) is 0.250. The number of hydrogen-bond donors (Lipinski definition) is 1. The van der Waals surface area contributed by atoms with Gasteiger partial charge in [-0.05, 0) is 28.1 Å². The lowest BCUT2D eigenvalue weighted by Crippen LogP contribution is -2.35. The van der Waals surface area contributed by atoms with Crippen molar-refractivity contribution in [2.45, 2.75) is 12.0 Å². The molecule has 94 valence electrons. The van der Waals surface area contributed by atoms with E-state index in [1.807, 2.05) is 11.4 Å². The zero-order chi connectivity index (χ0) is 12.8. The van der Waals surface area contributed by atoms with Gasteiger partial charge in [0.25, 0.3) is 0 Å². The van der Waals surface area contributed by atoms with Gasteiger partial charge in [0.1, 0.15) is 5.75 Å². The second-order valence-corrected chi connectivity index (χ2v) is 6.06. The molecule has 18 heavy (non-hydrogen) atoms. The molecule has 0 fully saturated rings. The number of rotatable bonds is 2. The summed E-state index contributed by atoms with van der Waals surface area (Å²) in [5.41, 5.74) is 2.69. The first-order valence-electron chi connectivity index (χ1n) is 5.32. The summed E-state index contributed by atoms with van der Waals surface area (Å²) in [5.74, 6) is 0.744. The fourth-order valence-corrected chi connectivity index (χ4v) is 3.40. The van der Waals surface area contributed by atoms with Gasteiger partial charge in [-0.3, -0.25) is 0 Å². The smallest absolute Gasteiger partial charge is 0.178 e. The second-order valence-electron chi connectivity index (χ2n) is 4.14. The average molecular weight is 347 g/mol. The molecule has 1 aromatic heterocycles. The fourth-order valence-electron chi connectivity index (χ4n) is 2.12. The Labute approximate surface area is 122 Å². The Morgan fingerprint density at radius 2 is 2.39 bits per heavy atom. The zero-order valence-corrected chi connectivity index (χ0v) is 12.3. The lowest BCUT2D eigenvalue weighted by molar-refractivity contribution is 0.0216. The van der Waals surface area contributed by atoms with E-state index in [1.54, 1.807) is 11.6 Å². The number of aromatic nitrogens is 1. The van der Waals surface area contributed by atoms with Crippen LogP contribution in [-0.2, 0) is 12.0 Å². The maximum atomic E-state index is 9.71. The summed E-state index contributed by atoms with van der Waals surface area (Å²) in [5, 5.41) is 12.3. The molecule has 1 aromatic carbocycles. The molecule has 0 aliphatic carbocycles. The Kier molecular flexibility index (Phi) is 3.10. The maximum Gasteiger partial charge on any atom is 0.178 e. The number of benzene rings is 1. The molecule has 0 spiro atoms. The van der Waals surface area contributed by atoms with Crippen molar-refractivity contribution in [3.05, 3.63) is 43.8 Å². The first kappa shape index (κ1) is 12.4. The lowest BCUT2D eigenvalue weighted by Gasteiger charge is -2.24. The molecule has 3 nitrogen and oxygen atoms in total. The topological polar surface area (TPSA) is 42.4 Å². The van der Waals surface area contributed by atoms with Gasteiger partial charge in [0.2, 0.25) is 0 Å². The first-order chi connectivity index (χ1) is 8.66. The number of halogens is 2. The van der Waals surface area contributed by atoms with Gasteiger partial charge in [-0.25, -0.2) is 4.98 Å². The van der Waals surface area contributed by atoms with Crippen LogP contribution in [0.2, 0.25) is 5.02 Å². The Morgan fingerprint density at radius 1 is 1.56 bits per heavy atom. The van der Waals surface area contributed by atoms with Crippen molar-refractivity contribution in [2.75, 3.05) is 6.61 Å². The van der Waals surface area contributed by atoms with Crippen LogP contribution in [0.3, 0.4) is 0 Å². The molecular weight excluding hydrogens is 338 g/mol. The van der Waals surface area contributed by atoms with E-state index in [-0.39, 0.29) is 6.61 Å². The third-order valence-electron chi connectivity index (χ3n) is 3.08. The van der Waals surface area contributed by atoms with Gasteiger partial charge in [0, 0.05) is 21.8 Å². The summed E-state index contributed by atoms with van der Waals surface area (Å²) < 4.78 is 6.76. The zero-order valence-electron chi connectivity index (χ0n) is 9.19. The quantitative estimate of drug-likeness (QED) is 0.906. The minimum Gasteiger partial charge on any atom is -0.478 e. The number of aliphatic hydroxyl groups excluding tert-OH is 1. The Morgan fingerprint density at radius 3 is 3.06 bits per heavy atom. The van der Waals surface area contributed by atoms with Crippen molar-refractivity contribution in [2.24, 2.45) is 0 Å². The van der Waals surface area contributed by atoms with E-state index >= 15 is 0 Å². The summed E-state index contributed by atoms with van der Waals surface area (Å²) in [6.45, 7) is -0.116. The standard InChI is InChI=1S/C12H9BrClNO2S/c13-11-7-3-12(5-16,10-4-18-6-15-10)17-9(7)2-1-8(11)14/h1-2,4,6,16H,3,5H2. The summed E-state index contributed by atoms with van der Waals surface area (Å²) in [4.78, 5) is 4.26. The van der Waals surface area contributed by atoms with E-state index in [4.69, 9.17) is 16.3 Å². The third-order valence-corrected chi connectivity index (χ3v) is 5.11. The molecule has 1 aliphatic rings. The Hall–Kier alpha value is -0.620. The summed E-state index contributed by atoms with van der Waals surface area (Å²) in [6.07, 6.45) is 0.559. The third kappa shape index (κ3) is 1.77. The van der Waals surface area contributed by atoms with Crippen LogP contribution in [0.4, 0.5) is 0 Å². The van der Waals surface area contributed by atoms with Crippen LogP contribution in [-0.4, -0.2) is 16.7 Å². The van der Waals surface area contributed by atoms with Crippen molar-refractivity contribution in [1.82, 2.24) is 4.98 Å². The molecule has 1 atom stereocenters. The van der Waals surface area contributed by atoms with Crippen molar-refractivity contribution in [3.63, 3.8) is 0 Å². The molecule has 3 rings (SSSR count). The lowest BCUT2D eigenvalue weighted by atomic mass is 9.95. The number of nitrogens with zero attached hydrogens (tertiary/aromatic N) is 1. The van der Waals surface area contributed by atoms with Crippen molar-refractivity contribution in [3.8, 4) is 5.75 Å². The summed E-state index contributed by atoms with van der Waals surface area (Å²) >= 11 is 11.0. The van der Waals surface area contributed by atoms with Crippen LogP contribution in [0.5, 0.6) is 5.75 Å². The molecule has 1 unspecified atom stereocenters.